The van der Waals surface area contributed by atoms with Gasteiger partial charge in [0.05, 0.1) is 29.5 Å². The number of rotatable bonds is 3. The van der Waals surface area contributed by atoms with Crippen LogP contribution in [0.25, 0.3) is 21.8 Å². The fourth-order valence-corrected chi connectivity index (χ4v) is 4.97. The van der Waals surface area contributed by atoms with Gasteiger partial charge in [0.25, 0.3) is 0 Å². The van der Waals surface area contributed by atoms with Crippen LogP contribution in [-0.4, -0.2) is 61.1 Å². The summed E-state index contributed by atoms with van der Waals surface area (Å²) in [4.78, 5) is 5.23. The maximum absolute atomic E-state index is 4.45. The zero-order chi connectivity index (χ0) is 21.8. The molecule has 5 rings (SSSR count). The molecule has 1 aliphatic rings. The van der Waals surface area contributed by atoms with Crippen LogP contribution >= 0.6 is 0 Å². The van der Waals surface area contributed by atoms with Crippen LogP contribution in [0.3, 0.4) is 0 Å². The SMILES string of the molecule is Cn1ncc2cc(C(c3ccc4c(cnn4C)c3)N3CCN(C(C)(C)C)CC3)ccc21. The lowest BCUT2D eigenvalue weighted by Gasteiger charge is -2.45. The average molecular weight is 417 g/mol. The summed E-state index contributed by atoms with van der Waals surface area (Å²) >= 11 is 0. The van der Waals surface area contributed by atoms with Crippen LogP contribution in [-0.2, 0) is 14.1 Å². The van der Waals surface area contributed by atoms with Gasteiger partial charge in [-0.1, -0.05) is 12.1 Å². The van der Waals surface area contributed by atoms with Gasteiger partial charge in [0.15, 0.2) is 0 Å². The van der Waals surface area contributed by atoms with Crippen LogP contribution in [0, 0.1) is 0 Å². The van der Waals surface area contributed by atoms with Gasteiger partial charge in [-0.05, 0) is 56.2 Å². The van der Waals surface area contributed by atoms with Crippen LogP contribution in [0.5, 0.6) is 0 Å². The Morgan fingerprint density at radius 1 is 0.742 bits per heavy atom. The van der Waals surface area contributed by atoms with Crippen LogP contribution in [0.2, 0.25) is 0 Å². The van der Waals surface area contributed by atoms with Crippen LogP contribution in [0.1, 0.15) is 37.9 Å². The van der Waals surface area contributed by atoms with Gasteiger partial charge in [-0.2, -0.15) is 10.2 Å². The molecule has 1 saturated heterocycles. The fraction of sp³-hybridized carbons (Fsp3) is 0.440. The molecule has 6 nitrogen and oxygen atoms in total. The highest BCUT2D eigenvalue weighted by Gasteiger charge is 2.31. The highest BCUT2D eigenvalue weighted by atomic mass is 15.3. The zero-order valence-corrected chi connectivity index (χ0v) is 19.2. The number of piperazine rings is 1. The first-order chi connectivity index (χ1) is 14.8. The Kier molecular flexibility index (Phi) is 4.87. The molecule has 3 heterocycles. The molecule has 0 atom stereocenters. The summed E-state index contributed by atoms with van der Waals surface area (Å²) in [5, 5.41) is 11.3. The van der Waals surface area contributed by atoms with Gasteiger partial charge in [0.2, 0.25) is 0 Å². The van der Waals surface area contributed by atoms with E-state index in [-0.39, 0.29) is 11.6 Å². The molecule has 2 aromatic heterocycles. The van der Waals surface area contributed by atoms with Crippen LogP contribution < -0.4 is 0 Å². The molecule has 1 aliphatic heterocycles. The van der Waals surface area contributed by atoms with Crippen molar-refractivity contribution >= 4 is 21.8 Å². The largest absolute Gasteiger partial charge is 0.296 e. The van der Waals surface area contributed by atoms with Crippen molar-refractivity contribution in [1.29, 1.82) is 0 Å². The van der Waals surface area contributed by atoms with Crippen molar-refractivity contribution in [2.75, 3.05) is 26.2 Å². The van der Waals surface area contributed by atoms with E-state index in [1.54, 1.807) is 0 Å². The summed E-state index contributed by atoms with van der Waals surface area (Å²) in [6.07, 6.45) is 3.94. The van der Waals surface area contributed by atoms with E-state index in [1.807, 2.05) is 35.9 Å². The lowest BCUT2D eigenvalue weighted by molar-refractivity contribution is 0.0494. The van der Waals surface area contributed by atoms with E-state index in [9.17, 15) is 0 Å². The lowest BCUT2D eigenvalue weighted by Crippen LogP contribution is -2.54. The minimum Gasteiger partial charge on any atom is -0.296 e. The average Bonchev–Trinajstić information content (AvgIpc) is 3.30. The Bertz CT molecular complexity index is 1140. The number of nitrogens with zero attached hydrogens (tertiary/aromatic N) is 6. The molecule has 4 aromatic rings. The first-order valence-corrected chi connectivity index (χ1v) is 11.1. The molecule has 2 aromatic carbocycles. The number of benzene rings is 2. The Morgan fingerprint density at radius 3 is 1.68 bits per heavy atom. The molecule has 1 fully saturated rings. The van der Waals surface area contributed by atoms with Crippen molar-refractivity contribution in [3.8, 4) is 0 Å². The highest BCUT2D eigenvalue weighted by Crippen LogP contribution is 2.34. The van der Waals surface area contributed by atoms with Gasteiger partial charge in [-0.15, -0.1) is 0 Å². The summed E-state index contributed by atoms with van der Waals surface area (Å²) < 4.78 is 3.88. The minimum absolute atomic E-state index is 0.213. The second-order valence-corrected chi connectivity index (χ2v) is 9.77. The molecule has 0 spiro atoms. The number of hydrogen-bond acceptors (Lipinski definition) is 4. The lowest BCUT2D eigenvalue weighted by atomic mass is 9.94. The second-order valence-electron chi connectivity index (χ2n) is 9.77. The third-order valence-corrected chi connectivity index (χ3v) is 6.80. The molecular formula is C25H32N6. The van der Waals surface area contributed by atoms with E-state index < -0.39 is 0 Å². The number of aromatic nitrogens is 4. The smallest absolute Gasteiger partial charge is 0.0679 e. The van der Waals surface area contributed by atoms with E-state index in [4.69, 9.17) is 0 Å². The standard InChI is InChI=1S/C25H32N6/c1-25(2,3)31-12-10-30(11-13-31)24(18-6-8-22-20(14-18)16-26-28(22)4)19-7-9-23-21(15-19)17-27-29(23)5/h6-9,14-17,24H,10-13H2,1-5H3. The Morgan fingerprint density at radius 2 is 1.23 bits per heavy atom. The van der Waals surface area contributed by atoms with Gasteiger partial charge in [-0.25, -0.2) is 0 Å². The summed E-state index contributed by atoms with van der Waals surface area (Å²) in [6, 6.07) is 13.8. The fourth-order valence-electron chi connectivity index (χ4n) is 4.97. The third-order valence-electron chi connectivity index (χ3n) is 6.80. The molecule has 0 aliphatic carbocycles. The van der Waals surface area contributed by atoms with Gasteiger partial charge in [0, 0.05) is 56.6 Å². The van der Waals surface area contributed by atoms with Crippen molar-refractivity contribution in [3.63, 3.8) is 0 Å². The molecule has 6 heteroatoms. The Balaban J connectivity index is 1.55. The summed E-state index contributed by atoms with van der Waals surface area (Å²) in [5.41, 5.74) is 5.21. The van der Waals surface area contributed by atoms with Crippen molar-refractivity contribution in [2.45, 2.75) is 32.4 Å². The van der Waals surface area contributed by atoms with Crippen LogP contribution in [0.15, 0.2) is 48.8 Å². The molecular weight excluding hydrogens is 384 g/mol. The summed E-state index contributed by atoms with van der Waals surface area (Å²) in [5.74, 6) is 0. The first kappa shape index (κ1) is 20.2. The number of fused-ring (bicyclic) bond motifs is 2. The Hall–Kier alpha value is -2.70. The minimum atomic E-state index is 0.213. The van der Waals surface area contributed by atoms with Gasteiger partial charge in [-0.3, -0.25) is 19.2 Å². The van der Waals surface area contributed by atoms with Gasteiger partial charge >= 0.3 is 0 Å². The molecule has 0 unspecified atom stereocenters. The maximum atomic E-state index is 4.45. The number of aryl methyl sites for hydroxylation is 2. The molecule has 162 valence electrons. The molecule has 0 saturated carbocycles. The Labute approximate surface area is 184 Å². The highest BCUT2D eigenvalue weighted by molar-refractivity contribution is 5.81. The van der Waals surface area contributed by atoms with Gasteiger partial charge < -0.3 is 0 Å². The van der Waals surface area contributed by atoms with Gasteiger partial charge in [0.1, 0.15) is 0 Å². The van der Waals surface area contributed by atoms with E-state index in [1.165, 1.54) is 32.9 Å². The topological polar surface area (TPSA) is 42.1 Å². The molecule has 0 amide bonds. The molecule has 0 radical (unpaired) electrons. The van der Waals surface area contributed by atoms with Crippen molar-refractivity contribution in [1.82, 2.24) is 29.4 Å². The van der Waals surface area contributed by atoms with Crippen molar-refractivity contribution in [2.24, 2.45) is 14.1 Å². The molecule has 0 bridgehead atoms. The first-order valence-electron chi connectivity index (χ1n) is 11.1. The predicted molar refractivity (Wildman–Crippen MR) is 126 cm³/mol. The maximum Gasteiger partial charge on any atom is 0.0679 e. The third kappa shape index (κ3) is 3.64. The summed E-state index contributed by atoms with van der Waals surface area (Å²) in [7, 11) is 4.00. The molecule has 0 N–H and O–H groups in total. The van der Waals surface area contributed by atoms with E-state index in [0.29, 0.717) is 0 Å². The van der Waals surface area contributed by atoms with E-state index in [2.05, 4.69) is 77.2 Å². The van der Waals surface area contributed by atoms with E-state index in [0.717, 1.165) is 26.2 Å². The molecule has 31 heavy (non-hydrogen) atoms. The summed E-state index contributed by atoms with van der Waals surface area (Å²) in [6.45, 7) is 11.2. The van der Waals surface area contributed by atoms with Crippen LogP contribution in [0.4, 0.5) is 0 Å². The van der Waals surface area contributed by atoms with Crippen molar-refractivity contribution in [3.05, 3.63) is 59.9 Å². The number of hydrogen-bond donors (Lipinski definition) is 0. The van der Waals surface area contributed by atoms with E-state index >= 15 is 0 Å². The monoisotopic (exact) mass is 416 g/mol. The quantitative estimate of drug-likeness (QED) is 0.507. The van der Waals surface area contributed by atoms with Crippen molar-refractivity contribution < 1.29 is 0 Å². The second kappa shape index (κ2) is 7.46. The predicted octanol–water partition coefficient (Wildman–Crippen LogP) is 3.97. The normalized spacial score (nSPS) is 16.7. The zero-order valence-electron chi connectivity index (χ0n) is 19.2.